The maximum Gasteiger partial charge on any atom is 0.262 e. The summed E-state index contributed by atoms with van der Waals surface area (Å²) in [6.07, 6.45) is 4.01. The summed E-state index contributed by atoms with van der Waals surface area (Å²) in [4.78, 5) is 13.3. The molecule has 3 rings (SSSR count). The first-order chi connectivity index (χ1) is 11.6. The Morgan fingerprint density at radius 1 is 1.42 bits per heavy atom. The van der Waals surface area contributed by atoms with E-state index in [4.69, 9.17) is 16.3 Å². The highest BCUT2D eigenvalue weighted by Gasteiger charge is 2.21. The third-order valence-electron chi connectivity index (χ3n) is 3.79. The number of anilines is 1. The lowest BCUT2D eigenvalue weighted by atomic mass is 9.96. The van der Waals surface area contributed by atoms with E-state index >= 15 is 0 Å². The van der Waals surface area contributed by atoms with Gasteiger partial charge in [0.1, 0.15) is 22.6 Å². The molecular formula is C17H14ClFN2O2S. The molecule has 0 saturated carbocycles. The molecule has 1 heterocycles. The van der Waals surface area contributed by atoms with Crippen molar-refractivity contribution in [2.75, 3.05) is 11.9 Å². The van der Waals surface area contributed by atoms with Gasteiger partial charge in [-0.1, -0.05) is 11.6 Å². The second-order valence-corrected chi connectivity index (χ2v) is 6.95. The summed E-state index contributed by atoms with van der Waals surface area (Å²) < 4.78 is 18.3. The van der Waals surface area contributed by atoms with Crippen molar-refractivity contribution in [2.45, 2.75) is 25.7 Å². The fraction of sp³-hybridized carbons (Fsp3) is 0.294. The van der Waals surface area contributed by atoms with E-state index in [2.05, 4.69) is 11.4 Å². The summed E-state index contributed by atoms with van der Waals surface area (Å²) in [5, 5.41) is 12.8. The Kier molecular flexibility index (Phi) is 5.03. The Morgan fingerprint density at radius 3 is 2.96 bits per heavy atom. The smallest absolute Gasteiger partial charge is 0.262 e. The quantitative estimate of drug-likeness (QED) is 0.879. The number of nitrogens with one attached hydrogen (secondary N) is 1. The molecule has 24 heavy (non-hydrogen) atoms. The van der Waals surface area contributed by atoms with Crippen LogP contribution in [-0.4, -0.2) is 12.5 Å². The Hall–Kier alpha value is -2.10. The van der Waals surface area contributed by atoms with Crippen LogP contribution in [0.2, 0.25) is 5.02 Å². The van der Waals surface area contributed by atoms with E-state index in [-0.39, 0.29) is 23.3 Å². The van der Waals surface area contributed by atoms with Gasteiger partial charge in [-0.05, 0) is 49.4 Å². The number of aryl methyl sites for hydroxylation is 1. The SMILES string of the molecule is N#Cc1c(NC(=O)COc2ccc(F)cc2Cl)sc2c1CCCC2. The molecule has 0 aliphatic heterocycles. The number of rotatable bonds is 4. The summed E-state index contributed by atoms with van der Waals surface area (Å²) in [5.41, 5.74) is 1.62. The number of carbonyl (C=O) groups is 1. The van der Waals surface area contributed by atoms with Crippen molar-refractivity contribution in [3.8, 4) is 11.8 Å². The Bertz CT molecular complexity index is 829. The van der Waals surface area contributed by atoms with E-state index in [1.165, 1.54) is 28.3 Å². The van der Waals surface area contributed by atoms with Crippen LogP contribution in [0.5, 0.6) is 5.75 Å². The molecule has 7 heteroatoms. The summed E-state index contributed by atoms with van der Waals surface area (Å²) in [6.45, 7) is -0.265. The number of ether oxygens (including phenoxy) is 1. The Balaban J connectivity index is 1.67. The third-order valence-corrected chi connectivity index (χ3v) is 5.29. The van der Waals surface area contributed by atoms with Crippen molar-refractivity contribution in [3.63, 3.8) is 0 Å². The van der Waals surface area contributed by atoms with Crippen molar-refractivity contribution in [2.24, 2.45) is 0 Å². The minimum absolute atomic E-state index is 0.104. The molecule has 1 aromatic heterocycles. The largest absolute Gasteiger partial charge is 0.482 e. The monoisotopic (exact) mass is 364 g/mol. The molecule has 0 unspecified atom stereocenters. The lowest BCUT2D eigenvalue weighted by Crippen LogP contribution is -2.20. The number of hydrogen-bond acceptors (Lipinski definition) is 4. The molecule has 0 saturated heterocycles. The van der Waals surface area contributed by atoms with Gasteiger partial charge in [0.05, 0.1) is 10.6 Å². The second kappa shape index (κ2) is 7.20. The first-order valence-corrected chi connectivity index (χ1v) is 8.70. The minimum atomic E-state index is -0.473. The van der Waals surface area contributed by atoms with Gasteiger partial charge in [-0.25, -0.2) is 4.39 Å². The molecule has 1 N–H and O–H groups in total. The normalized spacial score (nSPS) is 13.0. The highest BCUT2D eigenvalue weighted by Crippen LogP contribution is 2.37. The number of fused-ring (bicyclic) bond motifs is 1. The number of benzene rings is 1. The Labute approximate surface area is 147 Å². The number of amides is 1. The maximum absolute atomic E-state index is 13.0. The average Bonchev–Trinajstić information content (AvgIpc) is 2.90. The molecule has 124 valence electrons. The maximum atomic E-state index is 13.0. The van der Waals surface area contributed by atoms with Gasteiger partial charge < -0.3 is 10.1 Å². The number of nitriles is 1. The molecule has 1 aliphatic rings. The van der Waals surface area contributed by atoms with Crippen LogP contribution >= 0.6 is 22.9 Å². The summed E-state index contributed by atoms with van der Waals surface area (Å²) >= 11 is 7.31. The molecule has 1 aliphatic carbocycles. The number of hydrogen-bond donors (Lipinski definition) is 1. The highest BCUT2D eigenvalue weighted by atomic mass is 35.5. The van der Waals surface area contributed by atoms with Crippen molar-refractivity contribution in [1.82, 2.24) is 0 Å². The van der Waals surface area contributed by atoms with Crippen molar-refractivity contribution >= 4 is 33.8 Å². The summed E-state index contributed by atoms with van der Waals surface area (Å²) in [5.74, 6) is -0.621. The van der Waals surface area contributed by atoms with Gasteiger partial charge in [-0.3, -0.25) is 4.79 Å². The Morgan fingerprint density at radius 2 is 2.21 bits per heavy atom. The van der Waals surface area contributed by atoms with E-state index in [1.807, 2.05) is 0 Å². The molecule has 2 aromatic rings. The van der Waals surface area contributed by atoms with Crippen LogP contribution in [0.25, 0.3) is 0 Å². The predicted molar refractivity (Wildman–Crippen MR) is 91.2 cm³/mol. The van der Waals surface area contributed by atoms with E-state index in [1.54, 1.807) is 0 Å². The van der Waals surface area contributed by atoms with E-state index in [0.717, 1.165) is 37.3 Å². The topological polar surface area (TPSA) is 62.1 Å². The van der Waals surface area contributed by atoms with E-state index in [0.29, 0.717) is 10.6 Å². The van der Waals surface area contributed by atoms with Crippen molar-refractivity contribution in [3.05, 3.63) is 45.0 Å². The van der Waals surface area contributed by atoms with Crippen LogP contribution in [0.15, 0.2) is 18.2 Å². The summed E-state index contributed by atoms with van der Waals surface area (Å²) in [6, 6.07) is 5.89. The zero-order valence-electron chi connectivity index (χ0n) is 12.7. The van der Waals surface area contributed by atoms with Crippen LogP contribution in [0, 0.1) is 17.1 Å². The zero-order valence-corrected chi connectivity index (χ0v) is 14.3. The van der Waals surface area contributed by atoms with Crippen LogP contribution < -0.4 is 10.1 Å². The van der Waals surface area contributed by atoms with Crippen LogP contribution in [0.3, 0.4) is 0 Å². The first kappa shape index (κ1) is 16.7. The fourth-order valence-corrected chi connectivity index (χ4v) is 4.15. The van der Waals surface area contributed by atoms with Gasteiger partial charge in [-0.15, -0.1) is 11.3 Å². The third kappa shape index (κ3) is 3.53. The lowest BCUT2D eigenvalue weighted by molar-refractivity contribution is -0.118. The van der Waals surface area contributed by atoms with Crippen LogP contribution in [0.4, 0.5) is 9.39 Å². The van der Waals surface area contributed by atoms with Crippen LogP contribution in [0.1, 0.15) is 28.8 Å². The molecule has 0 spiro atoms. The highest BCUT2D eigenvalue weighted by molar-refractivity contribution is 7.16. The lowest BCUT2D eigenvalue weighted by Gasteiger charge is -2.09. The molecule has 0 bridgehead atoms. The first-order valence-electron chi connectivity index (χ1n) is 7.51. The second-order valence-electron chi connectivity index (χ2n) is 5.44. The van der Waals surface area contributed by atoms with E-state index in [9.17, 15) is 14.4 Å². The number of nitrogens with zero attached hydrogens (tertiary/aromatic N) is 1. The molecular weight excluding hydrogens is 351 g/mol. The number of halogens is 2. The van der Waals surface area contributed by atoms with Crippen LogP contribution in [-0.2, 0) is 17.6 Å². The standard InChI is InChI=1S/C17H14ClFN2O2S/c18-13-7-10(19)5-6-14(13)23-9-16(22)21-17-12(8-20)11-3-1-2-4-15(11)24-17/h5-7H,1-4,9H2,(H,21,22). The number of carbonyl (C=O) groups excluding carboxylic acids is 1. The zero-order chi connectivity index (χ0) is 17.1. The number of thiophene rings is 1. The van der Waals surface area contributed by atoms with Crippen molar-refractivity contribution in [1.29, 1.82) is 5.26 Å². The molecule has 0 radical (unpaired) electrons. The van der Waals surface area contributed by atoms with Gasteiger partial charge >= 0.3 is 0 Å². The molecule has 0 fully saturated rings. The molecule has 4 nitrogen and oxygen atoms in total. The van der Waals surface area contributed by atoms with Gasteiger partial charge in [-0.2, -0.15) is 5.26 Å². The minimum Gasteiger partial charge on any atom is -0.482 e. The average molecular weight is 365 g/mol. The van der Waals surface area contributed by atoms with Gasteiger partial charge in [0, 0.05) is 4.88 Å². The fourth-order valence-electron chi connectivity index (χ4n) is 2.67. The summed E-state index contributed by atoms with van der Waals surface area (Å²) in [7, 11) is 0. The van der Waals surface area contributed by atoms with E-state index < -0.39 is 5.82 Å². The van der Waals surface area contributed by atoms with Crippen molar-refractivity contribution < 1.29 is 13.9 Å². The van der Waals surface area contributed by atoms with Gasteiger partial charge in [0.25, 0.3) is 5.91 Å². The predicted octanol–water partition coefficient (Wildman–Crippen LogP) is 4.31. The van der Waals surface area contributed by atoms with Gasteiger partial charge in [0.15, 0.2) is 6.61 Å². The molecule has 0 atom stereocenters. The molecule has 1 amide bonds. The molecule has 1 aromatic carbocycles. The van der Waals surface area contributed by atoms with Gasteiger partial charge in [0.2, 0.25) is 0 Å².